The van der Waals surface area contributed by atoms with Crippen molar-refractivity contribution in [3.8, 4) is 0 Å². The Morgan fingerprint density at radius 1 is 0.964 bits per heavy atom. The van der Waals surface area contributed by atoms with Gasteiger partial charge in [0.25, 0.3) is 5.91 Å². The number of aromatic nitrogens is 1. The van der Waals surface area contributed by atoms with Crippen LogP contribution in [-0.2, 0) is 17.1 Å². The molecule has 0 unspecified atom stereocenters. The van der Waals surface area contributed by atoms with Crippen LogP contribution in [0.3, 0.4) is 0 Å². The summed E-state index contributed by atoms with van der Waals surface area (Å²) in [5.74, 6) is -1.21. The highest BCUT2D eigenvalue weighted by Crippen LogP contribution is 2.32. The summed E-state index contributed by atoms with van der Waals surface area (Å²) in [7, 11) is -4.09. The molecule has 1 heterocycles. The lowest BCUT2D eigenvalue weighted by atomic mass is 10.0. The lowest BCUT2D eigenvalue weighted by molar-refractivity contribution is -0.617. The average Bonchev–Trinajstić information content (AvgIpc) is 2.60. The largest absolute Gasteiger partial charge is 0.516 e. The summed E-state index contributed by atoms with van der Waals surface area (Å²) in [6.45, 7) is 2.46. The molecule has 5 nitrogen and oxygen atoms in total. The van der Waals surface area contributed by atoms with Crippen molar-refractivity contribution in [1.29, 1.82) is 0 Å². The van der Waals surface area contributed by atoms with Gasteiger partial charge in [0.15, 0.2) is 0 Å². The fraction of sp³-hybridized carbons (Fsp3) is 0.263. The van der Waals surface area contributed by atoms with Crippen LogP contribution in [0, 0.1) is 0 Å². The molecular weight excluding hydrogens is 393 g/mol. The fourth-order valence-electron chi connectivity index (χ4n) is 3.30. The van der Waals surface area contributed by atoms with E-state index in [1.807, 2.05) is 0 Å². The lowest BCUT2D eigenvalue weighted by Crippen LogP contribution is -2.48. The Labute approximate surface area is 160 Å². The van der Waals surface area contributed by atoms with E-state index in [9.17, 15) is 26.4 Å². The molecule has 0 saturated carbocycles. The van der Waals surface area contributed by atoms with E-state index in [0.717, 1.165) is 0 Å². The Kier molecular flexibility index (Phi) is 4.82. The summed E-state index contributed by atoms with van der Waals surface area (Å²) >= 11 is 0. The minimum absolute atomic E-state index is 0.0779. The number of para-hydroxylation sites is 2. The first-order valence-electron chi connectivity index (χ1n) is 8.43. The van der Waals surface area contributed by atoms with E-state index in [4.69, 9.17) is 0 Å². The molecule has 0 saturated heterocycles. The summed E-state index contributed by atoms with van der Waals surface area (Å²) in [4.78, 5) is 13.3. The second-order valence-electron chi connectivity index (χ2n) is 6.61. The predicted molar refractivity (Wildman–Crippen MR) is 98.9 cm³/mol. The highest BCUT2D eigenvalue weighted by molar-refractivity contribution is 7.90. The van der Waals surface area contributed by atoms with Crippen LogP contribution in [0.4, 0.5) is 13.2 Å². The van der Waals surface area contributed by atoms with Crippen molar-refractivity contribution in [3.63, 3.8) is 0 Å². The molecule has 0 aliphatic heterocycles. The van der Waals surface area contributed by atoms with E-state index >= 15 is 0 Å². The van der Waals surface area contributed by atoms with E-state index in [2.05, 4.69) is 0 Å². The Balaban J connectivity index is 2.42. The third-order valence-corrected chi connectivity index (χ3v) is 6.19. The molecule has 148 valence electrons. The molecule has 0 radical (unpaired) electrons. The molecule has 0 N–H and O–H groups in total. The van der Waals surface area contributed by atoms with Gasteiger partial charge < -0.3 is 0 Å². The summed E-state index contributed by atoms with van der Waals surface area (Å²) in [6.07, 6.45) is 0. The van der Waals surface area contributed by atoms with E-state index in [0.29, 0.717) is 21.8 Å². The van der Waals surface area contributed by atoms with Crippen molar-refractivity contribution in [2.45, 2.75) is 25.4 Å². The van der Waals surface area contributed by atoms with Gasteiger partial charge in [-0.25, -0.2) is 4.31 Å². The van der Waals surface area contributed by atoms with Crippen molar-refractivity contribution in [3.05, 3.63) is 54.1 Å². The molecule has 0 aliphatic rings. The van der Waals surface area contributed by atoms with Crippen LogP contribution in [0.15, 0.2) is 48.5 Å². The van der Waals surface area contributed by atoms with Crippen molar-refractivity contribution in [2.75, 3.05) is 0 Å². The molecule has 3 aromatic rings. The summed E-state index contributed by atoms with van der Waals surface area (Å²) in [5.41, 5.74) is -4.47. The highest BCUT2D eigenvalue weighted by Gasteiger charge is 2.53. The Morgan fingerprint density at radius 3 is 1.79 bits per heavy atom. The number of fused-ring (bicyclic) bond motifs is 2. The van der Waals surface area contributed by atoms with E-state index in [-0.39, 0.29) is 9.87 Å². The number of rotatable bonds is 3. The van der Waals surface area contributed by atoms with Crippen LogP contribution in [0.2, 0.25) is 0 Å². The zero-order valence-electron chi connectivity index (χ0n) is 15.4. The van der Waals surface area contributed by atoms with Gasteiger partial charge in [0.2, 0.25) is 11.0 Å². The van der Waals surface area contributed by atoms with Gasteiger partial charge in [-0.05, 0) is 26.0 Å². The summed E-state index contributed by atoms with van der Waals surface area (Å²) in [5, 5.41) is 0.744. The number of carbonyl (C=O) groups is 1. The molecule has 0 spiro atoms. The third kappa shape index (κ3) is 2.99. The number of benzene rings is 2. The van der Waals surface area contributed by atoms with Gasteiger partial charge in [0, 0.05) is 18.2 Å². The first kappa shape index (κ1) is 20.1. The topological polar surface area (TPSA) is 58.3 Å². The summed E-state index contributed by atoms with van der Waals surface area (Å²) in [6, 6.07) is 12.2. The van der Waals surface area contributed by atoms with Crippen molar-refractivity contribution >= 4 is 37.7 Å². The number of nitrogens with zero attached hydrogens (tertiary/aromatic N) is 2. The number of halogens is 3. The molecule has 0 bridgehead atoms. The van der Waals surface area contributed by atoms with Crippen LogP contribution < -0.4 is 4.57 Å². The average molecular weight is 411 g/mol. The van der Waals surface area contributed by atoms with Gasteiger partial charge in [0.05, 0.1) is 16.3 Å². The highest BCUT2D eigenvalue weighted by atomic mass is 32.2. The van der Waals surface area contributed by atoms with Crippen LogP contribution in [0.25, 0.3) is 21.8 Å². The van der Waals surface area contributed by atoms with Gasteiger partial charge in [-0.15, -0.1) is 0 Å². The van der Waals surface area contributed by atoms with Crippen molar-refractivity contribution in [1.82, 2.24) is 4.31 Å². The van der Waals surface area contributed by atoms with Gasteiger partial charge in [0.1, 0.15) is 7.05 Å². The van der Waals surface area contributed by atoms with Crippen molar-refractivity contribution < 1.29 is 31.0 Å². The maximum atomic E-state index is 13.3. The molecule has 1 aromatic heterocycles. The number of hydrogen-bond acceptors (Lipinski definition) is 3. The number of hydrogen-bond donors (Lipinski definition) is 0. The monoisotopic (exact) mass is 411 g/mol. The zero-order chi connectivity index (χ0) is 20.9. The standard InChI is InChI=1S/C19H18F3N2O3S/c1-12(2)24(28(26,27)19(20,21)22)18(25)17-13-8-4-6-10-15(13)23(3)16-11-7-5-9-14(16)17/h4-12H,1-3H3/q+1. The quantitative estimate of drug-likeness (QED) is 0.490. The minimum Gasteiger partial charge on any atom is -0.268 e. The number of pyridine rings is 1. The normalized spacial score (nSPS) is 12.7. The van der Waals surface area contributed by atoms with Gasteiger partial charge >= 0.3 is 15.5 Å². The zero-order valence-corrected chi connectivity index (χ0v) is 16.2. The predicted octanol–water partition coefficient (Wildman–Crippen LogP) is 3.52. The second-order valence-corrected chi connectivity index (χ2v) is 8.42. The SMILES string of the molecule is CC(C)N(C(=O)c1c2ccccc2[n+](C)c2ccccc12)S(=O)(=O)C(F)(F)F. The van der Waals surface area contributed by atoms with E-state index in [1.165, 1.54) is 13.8 Å². The maximum absolute atomic E-state index is 13.3. The van der Waals surface area contributed by atoms with Crippen molar-refractivity contribution in [2.24, 2.45) is 7.05 Å². The first-order valence-corrected chi connectivity index (χ1v) is 9.87. The molecule has 0 atom stereocenters. The lowest BCUT2D eigenvalue weighted by Gasteiger charge is -2.27. The molecule has 0 aliphatic carbocycles. The van der Waals surface area contributed by atoms with Gasteiger partial charge in [-0.3, -0.25) is 4.79 Å². The molecular formula is C19H18F3N2O3S+. The number of sulfonamides is 1. The first-order chi connectivity index (χ1) is 13.0. The molecule has 1 amide bonds. The van der Waals surface area contributed by atoms with E-state index < -0.39 is 27.5 Å². The Morgan fingerprint density at radius 2 is 1.39 bits per heavy atom. The summed E-state index contributed by atoms with van der Waals surface area (Å²) < 4.78 is 65.6. The number of amides is 1. The molecule has 3 rings (SSSR count). The number of alkyl halides is 3. The van der Waals surface area contributed by atoms with Crippen LogP contribution in [0.1, 0.15) is 24.2 Å². The van der Waals surface area contributed by atoms with Gasteiger partial charge in [-0.2, -0.15) is 26.2 Å². The Hall–Kier alpha value is -2.68. The smallest absolute Gasteiger partial charge is 0.268 e. The minimum atomic E-state index is -5.86. The molecule has 0 fully saturated rings. The third-order valence-electron chi connectivity index (χ3n) is 4.50. The molecule has 28 heavy (non-hydrogen) atoms. The maximum Gasteiger partial charge on any atom is 0.516 e. The van der Waals surface area contributed by atoms with Crippen LogP contribution in [-0.4, -0.2) is 30.2 Å². The Bertz CT molecular complexity index is 1130. The van der Waals surface area contributed by atoms with E-state index in [1.54, 1.807) is 60.1 Å². The van der Waals surface area contributed by atoms with Gasteiger partial charge in [-0.1, -0.05) is 24.3 Å². The van der Waals surface area contributed by atoms with Crippen LogP contribution >= 0.6 is 0 Å². The molecule has 2 aromatic carbocycles. The van der Waals surface area contributed by atoms with Crippen LogP contribution in [0.5, 0.6) is 0 Å². The second kappa shape index (κ2) is 6.73. The molecule has 9 heteroatoms. The fourth-order valence-corrected chi connectivity index (χ4v) is 4.39. The number of carbonyl (C=O) groups excluding carboxylic acids is 1. The number of aryl methyl sites for hydroxylation is 1.